The van der Waals surface area contributed by atoms with Gasteiger partial charge in [-0.25, -0.2) is 5.01 Å². The zero-order valence-electron chi connectivity index (χ0n) is 17.6. The molecule has 1 aliphatic heterocycles. The van der Waals surface area contributed by atoms with Crippen LogP contribution in [0.3, 0.4) is 0 Å². The Balaban J connectivity index is 1.75. The molecule has 4 rings (SSSR count). The van der Waals surface area contributed by atoms with E-state index < -0.39 is 11.7 Å². The third-order valence-corrected chi connectivity index (χ3v) is 6.19. The van der Waals surface area contributed by atoms with E-state index in [1.54, 1.807) is 36.4 Å². The molecule has 0 aliphatic carbocycles. The molecule has 0 spiro atoms. The molecule has 1 fully saturated rings. The number of piperidine rings is 1. The Bertz CT molecular complexity index is 1160. The average molecular weight is 493 g/mol. The molecule has 3 aromatic carbocycles. The summed E-state index contributed by atoms with van der Waals surface area (Å²) in [5.74, 6) is -0.248. The van der Waals surface area contributed by atoms with Crippen molar-refractivity contribution in [3.63, 3.8) is 0 Å². The molecular weight excluding hydrogens is 472 g/mol. The van der Waals surface area contributed by atoms with Crippen LogP contribution in [0.5, 0.6) is 0 Å². The fourth-order valence-corrected chi connectivity index (χ4v) is 4.43. The van der Waals surface area contributed by atoms with Crippen LogP contribution >= 0.6 is 23.2 Å². The Morgan fingerprint density at radius 2 is 1.48 bits per heavy atom. The van der Waals surface area contributed by atoms with Crippen molar-refractivity contribution >= 4 is 29.1 Å². The summed E-state index contributed by atoms with van der Waals surface area (Å²) in [7, 11) is 0. The topological polar surface area (TPSA) is 32.3 Å². The predicted octanol–water partition coefficient (Wildman–Crippen LogP) is 7.48. The molecule has 1 aliphatic rings. The molecule has 1 N–H and O–H groups in total. The highest BCUT2D eigenvalue weighted by Gasteiger charge is 2.30. The first-order valence-electron chi connectivity index (χ1n) is 10.6. The highest BCUT2D eigenvalue weighted by atomic mass is 35.5. The fourth-order valence-electron chi connectivity index (χ4n) is 3.92. The van der Waals surface area contributed by atoms with Gasteiger partial charge in [0, 0.05) is 34.3 Å². The Labute approximate surface area is 200 Å². The lowest BCUT2D eigenvalue weighted by Gasteiger charge is -2.27. The van der Waals surface area contributed by atoms with Crippen molar-refractivity contribution in [3.8, 4) is 22.3 Å². The normalized spacial score (nSPS) is 14.8. The lowest BCUT2D eigenvalue weighted by molar-refractivity contribution is -0.137. The number of halogens is 5. The van der Waals surface area contributed by atoms with Gasteiger partial charge >= 0.3 is 6.18 Å². The van der Waals surface area contributed by atoms with Gasteiger partial charge in [-0.05, 0) is 65.9 Å². The second kappa shape index (κ2) is 9.75. The van der Waals surface area contributed by atoms with Crippen LogP contribution in [0.15, 0.2) is 60.7 Å². The number of benzene rings is 3. The summed E-state index contributed by atoms with van der Waals surface area (Å²) in [6.07, 6.45) is -1.22. The molecule has 172 valence electrons. The average Bonchev–Trinajstić information content (AvgIpc) is 2.79. The number of carbonyl (C=O) groups is 1. The van der Waals surface area contributed by atoms with Crippen molar-refractivity contribution in [3.05, 3.63) is 81.8 Å². The monoisotopic (exact) mass is 492 g/mol. The molecule has 8 heteroatoms. The zero-order chi connectivity index (χ0) is 23.6. The summed E-state index contributed by atoms with van der Waals surface area (Å²) < 4.78 is 39.0. The number of rotatable bonds is 4. The second-order valence-electron chi connectivity index (χ2n) is 7.95. The minimum Gasteiger partial charge on any atom is -0.285 e. The first-order chi connectivity index (χ1) is 15.7. The molecule has 33 heavy (non-hydrogen) atoms. The maximum absolute atomic E-state index is 13.0. The number of hydrazine groups is 1. The van der Waals surface area contributed by atoms with E-state index in [1.165, 1.54) is 12.1 Å². The summed E-state index contributed by atoms with van der Waals surface area (Å²) in [5, 5.41) is 2.74. The molecular formula is C25H21Cl2F3N2O. The summed E-state index contributed by atoms with van der Waals surface area (Å²) in [4.78, 5) is 12.9. The van der Waals surface area contributed by atoms with Gasteiger partial charge in [-0.1, -0.05) is 53.9 Å². The summed E-state index contributed by atoms with van der Waals surface area (Å²) in [6, 6.07) is 15.0. The van der Waals surface area contributed by atoms with E-state index in [4.69, 9.17) is 23.2 Å². The van der Waals surface area contributed by atoms with Crippen molar-refractivity contribution in [2.24, 2.45) is 0 Å². The van der Waals surface area contributed by atoms with Crippen molar-refractivity contribution in [1.29, 1.82) is 0 Å². The highest BCUT2D eigenvalue weighted by molar-refractivity contribution is 6.36. The van der Waals surface area contributed by atoms with E-state index in [0.717, 1.165) is 44.5 Å². The quantitative estimate of drug-likeness (QED) is 0.409. The number of hydrogen-bond acceptors (Lipinski definition) is 2. The fraction of sp³-hybridized carbons (Fsp3) is 0.240. The van der Waals surface area contributed by atoms with Gasteiger partial charge in [0.2, 0.25) is 0 Å². The number of amides is 1. The first-order valence-corrected chi connectivity index (χ1v) is 11.3. The maximum Gasteiger partial charge on any atom is 0.416 e. The van der Waals surface area contributed by atoms with Crippen molar-refractivity contribution in [2.45, 2.75) is 25.4 Å². The summed E-state index contributed by atoms with van der Waals surface area (Å²) in [6.45, 7) is 1.59. The van der Waals surface area contributed by atoms with Crippen molar-refractivity contribution in [2.75, 3.05) is 13.1 Å². The molecule has 0 aromatic heterocycles. The van der Waals surface area contributed by atoms with Gasteiger partial charge in [0.25, 0.3) is 5.91 Å². The van der Waals surface area contributed by atoms with Crippen LogP contribution in [-0.2, 0) is 6.18 Å². The van der Waals surface area contributed by atoms with Gasteiger partial charge in [-0.2, -0.15) is 13.2 Å². The van der Waals surface area contributed by atoms with Crippen LogP contribution in [-0.4, -0.2) is 24.0 Å². The molecule has 0 saturated carbocycles. The number of carbonyl (C=O) groups excluding carboxylic acids is 1. The van der Waals surface area contributed by atoms with Gasteiger partial charge in [-0.15, -0.1) is 0 Å². The Morgan fingerprint density at radius 3 is 2.12 bits per heavy atom. The van der Waals surface area contributed by atoms with Crippen LogP contribution in [0, 0.1) is 0 Å². The molecule has 1 amide bonds. The smallest absolute Gasteiger partial charge is 0.285 e. The van der Waals surface area contributed by atoms with Gasteiger partial charge in [0.05, 0.1) is 5.56 Å². The van der Waals surface area contributed by atoms with Crippen LogP contribution in [0.4, 0.5) is 13.2 Å². The lowest BCUT2D eigenvalue weighted by atomic mass is 9.92. The van der Waals surface area contributed by atoms with Crippen molar-refractivity contribution < 1.29 is 18.0 Å². The molecule has 1 heterocycles. The standard InChI is InChI=1S/C25H21Cl2F3N2O/c26-19-9-11-21(23(27)15-19)22-14-17(24(33)31-32-12-2-1-3-13-32)6-10-20(22)16-4-7-18(8-5-16)25(28,29)30/h4-11,14-15H,1-3,12-13H2,(H,31,33). The SMILES string of the molecule is O=C(NN1CCCCC1)c1ccc(-c2ccc(C(F)(F)F)cc2)c(-c2ccc(Cl)cc2Cl)c1. The zero-order valence-corrected chi connectivity index (χ0v) is 19.1. The number of alkyl halides is 3. The molecule has 1 saturated heterocycles. The molecule has 3 nitrogen and oxygen atoms in total. The van der Waals surface area contributed by atoms with E-state index >= 15 is 0 Å². The van der Waals surface area contributed by atoms with Crippen LogP contribution < -0.4 is 5.43 Å². The molecule has 3 aromatic rings. The van der Waals surface area contributed by atoms with E-state index in [1.807, 2.05) is 5.01 Å². The predicted molar refractivity (Wildman–Crippen MR) is 125 cm³/mol. The largest absolute Gasteiger partial charge is 0.416 e. The maximum atomic E-state index is 13.0. The Kier molecular flexibility index (Phi) is 6.98. The first kappa shape index (κ1) is 23.6. The number of nitrogens with one attached hydrogen (secondary N) is 1. The number of nitrogens with zero attached hydrogens (tertiary/aromatic N) is 1. The minimum absolute atomic E-state index is 0.248. The van der Waals surface area contributed by atoms with E-state index in [2.05, 4.69) is 5.43 Å². The van der Waals surface area contributed by atoms with Gasteiger partial charge in [-0.3, -0.25) is 10.2 Å². The highest BCUT2D eigenvalue weighted by Crippen LogP contribution is 2.39. The third-order valence-electron chi connectivity index (χ3n) is 5.64. The second-order valence-corrected chi connectivity index (χ2v) is 8.79. The van der Waals surface area contributed by atoms with Gasteiger partial charge in [0.15, 0.2) is 0 Å². The van der Waals surface area contributed by atoms with E-state index in [9.17, 15) is 18.0 Å². The number of hydrogen-bond donors (Lipinski definition) is 1. The molecule has 0 bridgehead atoms. The van der Waals surface area contributed by atoms with Crippen molar-refractivity contribution in [1.82, 2.24) is 10.4 Å². The molecule has 0 atom stereocenters. The Morgan fingerprint density at radius 1 is 0.818 bits per heavy atom. The minimum atomic E-state index is -4.42. The Hall–Kier alpha value is -2.54. The van der Waals surface area contributed by atoms with Crippen LogP contribution in [0.1, 0.15) is 35.2 Å². The van der Waals surface area contributed by atoms with Gasteiger partial charge < -0.3 is 0 Å². The van der Waals surface area contributed by atoms with E-state index in [-0.39, 0.29) is 5.91 Å². The van der Waals surface area contributed by atoms with Crippen LogP contribution in [0.2, 0.25) is 10.0 Å². The van der Waals surface area contributed by atoms with Gasteiger partial charge in [0.1, 0.15) is 0 Å². The third kappa shape index (κ3) is 5.52. The summed E-state index contributed by atoms with van der Waals surface area (Å²) >= 11 is 12.5. The van der Waals surface area contributed by atoms with E-state index in [0.29, 0.717) is 37.9 Å². The molecule has 0 radical (unpaired) electrons. The molecule has 0 unspecified atom stereocenters. The summed E-state index contributed by atoms with van der Waals surface area (Å²) in [5.41, 5.74) is 5.12. The van der Waals surface area contributed by atoms with Crippen LogP contribution in [0.25, 0.3) is 22.3 Å². The lowest BCUT2D eigenvalue weighted by Crippen LogP contribution is -2.45.